The lowest BCUT2D eigenvalue weighted by Crippen LogP contribution is -2.44. The van der Waals surface area contributed by atoms with E-state index in [4.69, 9.17) is 24.9 Å². The highest BCUT2D eigenvalue weighted by molar-refractivity contribution is 6.38. The van der Waals surface area contributed by atoms with Crippen LogP contribution < -0.4 is 20.8 Å². The molecule has 3 aliphatic rings. The van der Waals surface area contributed by atoms with Crippen molar-refractivity contribution >= 4 is 32.6 Å². The number of esters is 1. The lowest BCUT2D eigenvalue weighted by molar-refractivity contribution is -0.172. The van der Waals surface area contributed by atoms with Gasteiger partial charge in [-0.25, -0.2) is 9.78 Å². The van der Waals surface area contributed by atoms with E-state index in [0.29, 0.717) is 34.9 Å². The predicted octanol–water partition coefficient (Wildman–Crippen LogP) is -0.813. The van der Waals surface area contributed by atoms with Gasteiger partial charge in [0.25, 0.3) is 5.56 Å². The fourth-order valence-corrected chi connectivity index (χ4v) is 5.11. The number of carbonyl (C=O) groups excluding carboxylic acids is 1. The number of carbonyl (C=O) groups is 1. The molecule has 11 heteroatoms. The van der Waals surface area contributed by atoms with Crippen molar-refractivity contribution in [2.45, 2.75) is 44.2 Å². The molecule has 9 nitrogen and oxygen atoms in total. The third-order valence-electron chi connectivity index (χ3n) is 6.79. The number of hydrogen-bond acceptors (Lipinski definition) is 8. The second-order valence-corrected chi connectivity index (χ2v) is 9.14. The van der Waals surface area contributed by atoms with Crippen LogP contribution in [0, 0.1) is 0 Å². The van der Waals surface area contributed by atoms with Gasteiger partial charge >= 0.3 is 5.97 Å². The molecule has 0 saturated heterocycles. The molecule has 6 rings (SSSR count). The number of cyclic esters (lactones) is 1. The van der Waals surface area contributed by atoms with Gasteiger partial charge in [0.15, 0.2) is 38.4 Å². The van der Waals surface area contributed by atoms with E-state index in [2.05, 4.69) is 0 Å². The molecule has 0 unspecified atom stereocenters. The highest BCUT2D eigenvalue weighted by Gasteiger charge is 2.45. The zero-order valence-corrected chi connectivity index (χ0v) is 18.5. The smallest absolute Gasteiger partial charge is 0.343 e. The molecule has 166 valence electrons. The van der Waals surface area contributed by atoms with Crippen LogP contribution in [-0.4, -0.2) is 41.9 Å². The molecular weight excluding hydrogens is 424 g/mol. The Balaban J connectivity index is 1.62. The second kappa shape index (κ2) is 6.39. The summed E-state index contributed by atoms with van der Waals surface area (Å²) in [6.45, 7) is 2.05. The molecule has 0 saturated carbocycles. The lowest BCUT2D eigenvalue weighted by atomic mass is 9.76. The van der Waals surface area contributed by atoms with Gasteiger partial charge in [0, 0.05) is 29.1 Å². The summed E-state index contributed by atoms with van der Waals surface area (Å²) in [5.41, 5.74) is 7.34. The highest BCUT2D eigenvalue weighted by Crippen LogP contribution is 2.44. The summed E-state index contributed by atoms with van der Waals surface area (Å²) in [4.78, 5) is 30.6. The van der Waals surface area contributed by atoms with Gasteiger partial charge < -0.3 is 29.6 Å². The molecule has 0 spiro atoms. The van der Waals surface area contributed by atoms with Crippen LogP contribution in [0.15, 0.2) is 23.0 Å². The number of hydrogen-bond donors (Lipinski definition) is 2. The first kappa shape index (κ1) is 20.3. The molecule has 1 aromatic carbocycles. The van der Waals surface area contributed by atoms with Crippen molar-refractivity contribution in [3.8, 4) is 22.9 Å². The van der Waals surface area contributed by atoms with Gasteiger partial charge in [0.1, 0.15) is 6.61 Å². The van der Waals surface area contributed by atoms with E-state index in [1.54, 1.807) is 17.6 Å². The summed E-state index contributed by atoms with van der Waals surface area (Å²) in [6, 6.07) is 5.40. The number of fused-ring (bicyclic) bond motifs is 6. The molecule has 3 aromatic rings. The van der Waals surface area contributed by atoms with Crippen LogP contribution in [0.4, 0.5) is 0 Å². The average molecular weight is 445 g/mol. The number of ether oxygens (including phenoxy) is 3. The molecule has 0 aliphatic carbocycles. The van der Waals surface area contributed by atoms with E-state index in [9.17, 15) is 14.7 Å². The van der Waals surface area contributed by atoms with Gasteiger partial charge in [-0.1, -0.05) is 6.92 Å². The normalized spacial score (nSPS) is 21.5. The minimum absolute atomic E-state index is 0.0903. The number of aromatic nitrogens is 2. The Labute approximate surface area is 190 Å². The third kappa shape index (κ3) is 2.60. The zero-order chi connectivity index (χ0) is 23.3. The van der Waals surface area contributed by atoms with Crippen LogP contribution in [0.2, 0.25) is 0 Å². The van der Waals surface area contributed by atoms with Gasteiger partial charge in [-0.2, -0.15) is 0 Å². The predicted molar refractivity (Wildman–Crippen MR) is 123 cm³/mol. The van der Waals surface area contributed by atoms with Gasteiger partial charge in [-0.3, -0.25) is 4.79 Å². The molecule has 33 heavy (non-hydrogen) atoms. The maximum atomic E-state index is 13.4. The fraction of sp³-hybridized carbons (Fsp3) is 0.318. The number of rotatable bonds is 2. The molecule has 0 bridgehead atoms. The Morgan fingerprint density at radius 1 is 1.18 bits per heavy atom. The molecule has 2 aromatic heterocycles. The Bertz CT molecular complexity index is 1470. The lowest BCUT2D eigenvalue weighted by Gasteiger charge is -2.31. The second-order valence-electron chi connectivity index (χ2n) is 9.14. The third-order valence-corrected chi connectivity index (χ3v) is 6.79. The van der Waals surface area contributed by atoms with Crippen LogP contribution in [0.1, 0.15) is 35.6 Å². The number of pyridine rings is 2. The monoisotopic (exact) mass is 445 g/mol. The number of nitrogens with zero attached hydrogens (tertiary/aromatic N) is 2. The van der Waals surface area contributed by atoms with Crippen LogP contribution in [-0.2, 0) is 34.8 Å². The molecule has 1 atom stereocenters. The summed E-state index contributed by atoms with van der Waals surface area (Å²) in [5, 5.41) is 11.9. The molecule has 5 heterocycles. The van der Waals surface area contributed by atoms with Crippen LogP contribution >= 0.6 is 0 Å². The zero-order valence-electron chi connectivity index (χ0n) is 18.5. The van der Waals surface area contributed by atoms with Gasteiger partial charge in [0.2, 0.25) is 0 Å². The Morgan fingerprint density at radius 3 is 2.61 bits per heavy atom. The largest absolute Gasteiger partial charge is 0.467 e. The Kier molecular flexibility index (Phi) is 3.93. The summed E-state index contributed by atoms with van der Waals surface area (Å²) < 4.78 is 18.5. The SMILES string of the molecule is BC1(B)Oc2cc3nc4c(c(CN)c3cc2O1)Cn1c-4cc2c(c1=O)COC(=O)[C@]2(O)CC. The van der Waals surface area contributed by atoms with Gasteiger partial charge in [0.05, 0.1) is 29.0 Å². The number of nitrogens with two attached hydrogens (primary N) is 1. The van der Waals surface area contributed by atoms with E-state index in [1.165, 1.54) is 0 Å². The van der Waals surface area contributed by atoms with Crippen molar-refractivity contribution in [3.05, 3.63) is 50.8 Å². The number of benzene rings is 1. The standard InChI is InChI=1S/C22H21B2N3O6/c1-2-21(30)13-4-15-18-11(7-27(15)19(28)12(13)8-31-20(21)29)10(6-25)9-3-16-17(5-14(9)26-18)33-22(23,24)32-16/h3-5,30H,2,6-8,23-25H2,1H3/t21-/m0/s1. The fourth-order valence-electron chi connectivity index (χ4n) is 5.11. The van der Waals surface area contributed by atoms with Crippen molar-refractivity contribution in [2.75, 3.05) is 0 Å². The quantitative estimate of drug-likeness (QED) is 0.303. The average Bonchev–Trinajstić information content (AvgIpc) is 3.29. The molecule has 3 N–H and O–H groups in total. The van der Waals surface area contributed by atoms with Crippen molar-refractivity contribution in [3.63, 3.8) is 0 Å². The molecule has 0 amide bonds. The summed E-state index contributed by atoms with van der Waals surface area (Å²) in [7, 11) is 3.67. The van der Waals surface area contributed by atoms with Gasteiger partial charge in [-0.15, -0.1) is 0 Å². The van der Waals surface area contributed by atoms with E-state index in [-0.39, 0.29) is 36.3 Å². The van der Waals surface area contributed by atoms with E-state index in [1.807, 2.05) is 27.8 Å². The summed E-state index contributed by atoms with van der Waals surface area (Å²) in [5.74, 6) is 0.465. The van der Waals surface area contributed by atoms with Crippen molar-refractivity contribution in [2.24, 2.45) is 5.73 Å². The van der Waals surface area contributed by atoms with Crippen LogP contribution in [0.25, 0.3) is 22.3 Å². The maximum Gasteiger partial charge on any atom is 0.343 e. The van der Waals surface area contributed by atoms with Crippen molar-refractivity contribution < 1.29 is 24.1 Å². The summed E-state index contributed by atoms with van der Waals surface area (Å²) >= 11 is 0. The summed E-state index contributed by atoms with van der Waals surface area (Å²) in [6.07, 6.45) is 0.0903. The first-order valence-corrected chi connectivity index (χ1v) is 10.9. The van der Waals surface area contributed by atoms with E-state index >= 15 is 0 Å². The van der Waals surface area contributed by atoms with E-state index < -0.39 is 17.2 Å². The highest BCUT2D eigenvalue weighted by atomic mass is 16.7. The number of aliphatic hydroxyl groups is 1. The van der Waals surface area contributed by atoms with Crippen molar-refractivity contribution in [1.82, 2.24) is 9.55 Å². The Morgan fingerprint density at radius 2 is 1.91 bits per heavy atom. The molecule has 3 aliphatic heterocycles. The van der Waals surface area contributed by atoms with E-state index in [0.717, 1.165) is 16.5 Å². The minimum atomic E-state index is -1.86. The first-order valence-electron chi connectivity index (χ1n) is 10.9. The van der Waals surface area contributed by atoms with Crippen molar-refractivity contribution in [1.29, 1.82) is 0 Å². The molecule has 0 fully saturated rings. The van der Waals surface area contributed by atoms with Crippen LogP contribution in [0.5, 0.6) is 11.5 Å². The minimum Gasteiger partial charge on any atom is -0.467 e. The topological polar surface area (TPSA) is 126 Å². The molecular formula is C22H21B2N3O6. The van der Waals surface area contributed by atoms with Crippen LogP contribution in [0.3, 0.4) is 0 Å². The Hall–Kier alpha value is -3.30. The van der Waals surface area contributed by atoms with Gasteiger partial charge in [-0.05, 0) is 24.1 Å². The molecule has 0 radical (unpaired) electrons. The first-order chi connectivity index (χ1) is 15.7. The maximum absolute atomic E-state index is 13.4.